The van der Waals surface area contributed by atoms with Gasteiger partial charge in [-0.2, -0.15) is 0 Å². The third kappa shape index (κ3) is 5.98. The zero-order valence-electron chi connectivity index (χ0n) is 23.7. The second-order valence-corrected chi connectivity index (χ2v) is 12.1. The number of imide groups is 1. The molecule has 2 aliphatic heterocycles. The number of nitrogens with one attached hydrogen (secondary N) is 1. The van der Waals surface area contributed by atoms with Gasteiger partial charge >= 0.3 is 6.03 Å². The SMILES string of the molecule is CCOc1ccc(C(C)(C)C)cc1C1=N[C@@H](c2ccc(Cl)cc2)[C@@H](c2ccc(Cl)cc2)N1C(=O)N1CCNCC1=O. The lowest BCUT2D eigenvalue weighted by atomic mass is 9.86. The van der Waals surface area contributed by atoms with Gasteiger partial charge in [0.25, 0.3) is 0 Å². The molecule has 0 bridgehead atoms. The number of carbonyl (C=O) groups is 2. The molecule has 5 rings (SSSR count). The van der Waals surface area contributed by atoms with Crippen molar-refractivity contribution < 1.29 is 14.3 Å². The summed E-state index contributed by atoms with van der Waals surface area (Å²) in [5.74, 6) is 0.796. The molecule has 1 N–H and O–H groups in total. The molecule has 0 unspecified atom stereocenters. The minimum Gasteiger partial charge on any atom is -0.493 e. The van der Waals surface area contributed by atoms with Crippen molar-refractivity contribution in [2.75, 3.05) is 26.2 Å². The van der Waals surface area contributed by atoms with E-state index in [2.05, 4.69) is 26.1 Å². The van der Waals surface area contributed by atoms with Crippen molar-refractivity contribution in [2.45, 2.75) is 45.2 Å². The zero-order chi connectivity index (χ0) is 29.3. The van der Waals surface area contributed by atoms with E-state index < -0.39 is 18.1 Å². The van der Waals surface area contributed by atoms with Gasteiger partial charge < -0.3 is 10.1 Å². The Balaban J connectivity index is 1.75. The Morgan fingerprint density at radius 3 is 2.22 bits per heavy atom. The first kappa shape index (κ1) is 29.1. The second kappa shape index (κ2) is 11.8. The van der Waals surface area contributed by atoms with E-state index in [0.29, 0.717) is 40.3 Å². The van der Waals surface area contributed by atoms with E-state index in [-0.39, 0.29) is 24.4 Å². The van der Waals surface area contributed by atoms with E-state index in [0.717, 1.165) is 16.7 Å². The van der Waals surface area contributed by atoms with Gasteiger partial charge in [0.15, 0.2) is 0 Å². The highest BCUT2D eigenvalue weighted by Gasteiger charge is 2.46. The highest BCUT2D eigenvalue weighted by Crippen LogP contribution is 2.46. The van der Waals surface area contributed by atoms with Gasteiger partial charge in [0, 0.05) is 23.1 Å². The molecule has 0 spiro atoms. The van der Waals surface area contributed by atoms with Crippen molar-refractivity contribution in [3.05, 3.63) is 99.0 Å². The third-order valence-electron chi connectivity index (χ3n) is 7.40. The monoisotopic (exact) mass is 592 g/mol. The van der Waals surface area contributed by atoms with Gasteiger partial charge in [0.1, 0.15) is 17.6 Å². The highest BCUT2D eigenvalue weighted by molar-refractivity contribution is 6.30. The number of hydrogen-bond donors (Lipinski definition) is 1. The predicted octanol–water partition coefficient (Wildman–Crippen LogP) is 6.79. The van der Waals surface area contributed by atoms with E-state index in [4.69, 9.17) is 32.9 Å². The number of amidine groups is 1. The number of rotatable bonds is 5. The largest absolute Gasteiger partial charge is 0.493 e. The van der Waals surface area contributed by atoms with Crippen LogP contribution in [0, 0.1) is 0 Å². The fraction of sp³-hybridized carbons (Fsp3) is 0.344. The standard InChI is InChI=1S/C32H34Cl2N4O3/c1-5-41-26-15-10-22(32(2,3)4)18-25(26)30-36-28(20-6-11-23(33)12-7-20)29(21-8-13-24(34)14-9-21)38(30)31(40)37-17-16-35-19-27(37)39/h6-15,18,28-29,35H,5,16-17,19H2,1-4H3/t28-,29+/m0/s1. The van der Waals surface area contributed by atoms with Crippen molar-refractivity contribution in [3.8, 4) is 5.75 Å². The molecule has 0 saturated carbocycles. The third-order valence-corrected chi connectivity index (χ3v) is 7.91. The molecular formula is C32H34Cl2N4O3. The van der Waals surface area contributed by atoms with Gasteiger partial charge in [-0.3, -0.25) is 19.6 Å². The van der Waals surface area contributed by atoms with Crippen LogP contribution in [0.2, 0.25) is 10.0 Å². The minimum absolute atomic E-state index is 0.0992. The van der Waals surface area contributed by atoms with E-state index in [1.54, 1.807) is 17.0 Å². The van der Waals surface area contributed by atoms with Crippen LogP contribution in [0.5, 0.6) is 5.75 Å². The van der Waals surface area contributed by atoms with Crippen LogP contribution in [0.15, 0.2) is 71.7 Å². The molecule has 0 aromatic heterocycles. The van der Waals surface area contributed by atoms with Crippen LogP contribution in [0.1, 0.15) is 62.0 Å². The molecule has 9 heteroatoms. The number of nitrogens with zero attached hydrogens (tertiary/aromatic N) is 3. The summed E-state index contributed by atoms with van der Waals surface area (Å²) in [7, 11) is 0. The zero-order valence-corrected chi connectivity index (χ0v) is 25.2. The fourth-order valence-electron chi connectivity index (χ4n) is 5.25. The number of hydrogen-bond acceptors (Lipinski definition) is 5. The Morgan fingerprint density at radius 2 is 1.63 bits per heavy atom. The van der Waals surface area contributed by atoms with E-state index in [1.165, 1.54) is 4.90 Å². The number of carbonyl (C=O) groups excluding carboxylic acids is 2. The average molecular weight is 594 g/mol. The van der Waals surface area contributed by atoms with Crippen molar-refractivity contribution >= 4 is 41.0 Å². The van der Waals surface area contributed by atoms with Gasteiger partial charge in [0.2, 0.25) is 5.91 Å². The maximum absolute atomic E-state index is 14.5. The maximum Gasteiger partial charge on any atom is 0.333 e. The molecule has 3 aromatic rings. The van der Waals surface area contributed by atoms with Crippen LogP contribution < -0.4 is 10.1 Å². The molecule has 214 valence electrons. The van der Waals surface area contributed by atoms with E-state index in [1.807, 2.05) is 61.5 Å². The van der Waals surface area contributed by atoms with Gasteiger partial charge in [-0.15, -0.1) is 0 Å². The summed E-state index contributed by atoms with van der Waals surface area (Å²) in [6.45, 7) is 9.67. The normalized spacial score (nSPS) is 19.4. The quantitative estimate of drug-likeness (QED) is 0.354. The molecule has 3 aromatic carbocycles. The lowest BCUT2D eigenvalue weighted by Crippen LogP contribution is -2.56. The Bertz CT molecular complexity index is 1470. The molecule has 7 nitrogen and oxygen atoms in total. The summed E-state index contributed by atoms with van der Waals surface area (Å²) >= 11 is 12.5. The fourth-order valence-corrected chi connectivity index (χ4v) is 5.50. The molecule has 1 fully saturated rings. The lowest BCUT2D eigenvalue weighted by molar-refractivity contribution is -0.129. The van der Waals surface area contributed by atoms with Crippen molar-refractivity contribution in [3.63, 3.8) is 0 Å². The summed E-state index contributed by atoms with van der Waals surface area (Å²) in [6, 6.07) is 19.5. The molecular weight excluding hydrogens is 559 g/mol. The smallest absolute Gasteiger partial charge is 0.333 e. The van der Waals surface area contributed by atoms with Gasteiger partial charge in [-0.05, 0) is 65.4 Å². The molecule has 2 aliphatic rings. The van der Waals surface area contributed by atoms with Crippen LogP contribution in [0.25, 0.3) is 0 Å². The second-order valence-electron chi connectivity index (χ2n) is 11.2. The number of benzene rings is 3. The first-order valence-electron chi connectivity index (χ1n) is 13.8. The number of halogens is 2. The van der Waals surface area contributed by atoms with Crippen molar-refractivity contribution in [1.29, 1.82) is 0 Å². The molecule has 3 amide bonds. The summed E-state index contributed by atoms with van der Waals surface area (Å²) in [5, 5.41) is 4.24. The number of urea groups is 1. The number of aliphatic imine (C=N–C) groups is 1. The number of ether oxygens (including phenoxy) is 1. The van der Waals surface area contributed by atoms with E-state index in [9.17, 15) is 9.59 Å². The van der Waals surface area contributed by atoms with Crippen LogP contribution in [0.3, 0.4) is 0 Å². The molecule has 0 aliphatic carbocycles. The van der Waals surface area contributed by atoms with E-state index >= 15 is 0 Å². The summed E-state index contributed by atoms with van der Waals surface area (Å²) in [6.07, 6.45) is 0. The Kier molecular flexibility index (Phi) is 8.41. The molecule has 2 heterocycles. The summed E-state index contributed by atoms with van der Waals surface area (Å²) in [5.41, 5.74) is 3.34. The lowest BCUT2D eigenvalue weighted by Gasteiger charge is -2.35. The van der Waals surface area contributed by atoms with Gasteiger partial charge in [0.05, 0.1) is 24.8 Å². The van der Waals surface area contributed by atoms with Crippen LogP contribution in [-0.4, -0.2) is 53.8 Å². The average Bonchev–Trinajstić information content (AvgIpc) is 3.34. The number of amides is 3. The molecule has 41 heavy (non-hydrogen) atoms. The summed E-state index contributed by atoms with van der Waals surface area (Å²) in [4.78, 5) is 35.7. The molecule has 1 saturated heterocycles. The first-order chi connectivity index (χ1) is 19.6. The first-order valence-corrected chi connectivity index (χ1v) is 14.5. The van der Waals surface area contributed by atoms with Gasteiger partial charge in [-0.25, -0.2) is 4.79 Å². The van der Waals surface area contributed by atoms with Crippen LogP contribution in [-0.2, 0) is 10.2 Å². The molecule has 0 radical (unpaired) electrons. The highest BCUT2D eigenvalue weighted by atomic mass is 35.5. The van der Waals surface area contributed by atoms with Crippen LogP contribution >= 0.6 is 23.2 Å². The number of piperazine rings is 1. The Labute approximate surface area is 251 Å². The Morgan fingerprint density at radius 1 is 1.00 bits per heavy atom. The predicted molar refractivity (Wildman–Crippen MR) is 163 cm³/mol. The minimum atomic E-state index is -0.550. The topological polar surface area (TPSA) is 74.2 Å². The molecule has 2 atom stereocenters. The van der Waals surface area contributed by atoms with Crippen molar-refractivity contribution in [1.82, 2.24) is 15.1 Å². The van der Waals surface area contributed by atoms with Crippen molar-refractivity contribution in [2.24, 2.45) is 4.99 Å². The maximum atomic E-state index is 14.5. The Hall–Kier alpha value is -3.39. The summed E-state index contributed by atoms with van der Waals surface area (Å²) < 4.78 is 6.08. The van der Waals surface area contributed by atoms with Gasteiger partial charge in [-0.1, -0.05) is 74.3 Å². The van der Waals surface area contributed by atoms with Crippen LogP contribution in [0.4, 0.5) is 4.79 Å².